The van der Waals surface area contributed by atoms with Crippen molar-refractivity contribution in [2.45, 2.75) is 31.3 Å². The summed E-state index contributed by atoms with van der Waals surface area (Å²) >= 11 is 0. The molecule has 0 spiro atoms. The zero-order valence-electron chi connectivity index (χ0n) is 9.73. The zero-order chi connectivity index (χ0) is 11.8. The summed E-state index contributed by atoms with van der Waals surface area (Å²) in [4.78, 5) is 13.3. The maximum absolute atomic E-state index is 11.0. The van der Waals surface area contributed by atoms with Gasteiger partial charge in [0.15, 0.2) is 5.54 Å². The standard InChI is InChI=1S/C12H18N2O2/c1-12(11(15)16)6-5-9(8-13-12)10-4-3-7-14(10)2/h5-6,8,10,13H,3-4,7H2,1-2H3,(H,15,16). The van der Waals surface area contributed by atoms with E-state index in [0.717, 1.165) is 13.0 Å². The van der Waals surface area contributed by atoms with Crippen LogP contribution in [0.25, 0.3) is 0 Å². The molecular weight excluding hydrogens is 204 g/mol. The topological polar surface area (TPSA) is 52.6 Å². The monoisotopic (exact) mass is 222 g/mol. The van der Waals surface area contributed by atoms with E-state index in [9.17, 15) is 4.79 Å². The highest BCUT2D eigenvalue weighted by Crippen LogP contribution is 2.25. The highest BCUT2D eigenvalue weighted by molar-refractivity contribution is 5.81. The molecule has 0 bridgehead atoms. The molecule has 4 nitrogen and oxygen atoms in total. The van der Waals surface area contributed by atoms with E-state index < -0.39 is 11.5 Å². The van der Waals surface area contributed by atoms with Crippen molar-refractivity contribution in [3.63, 3.8) is 0 Å². The van der Waals surface area contributed by atoms with Gasteiger partial charge >= 0.3 is 5.97 Å². The molecule has 2 unspecified atom stereocenters. The molecule has 2 aliphatic rings. The van der Waals surface area contributed by atoms with Gasteiger partial charge in [-0.25, -0.2) is 4.79 Å². The minimum atomic E-state index is -0.958. The van der Waals surface area contributed by atoms with Gasteiger partial charge in [-0.05, 0) is 45.0 Å². The summed E-state index contributed by atoms with van der Waals surface area (Å²) in [5.41, 5.74) is 0.222. The van der Waals surface area contributed by atoms with Crippen LogP contribution in [0.5, 0.6) is 0 Å². The Morgan fingerprint density at radius 3 is 2.88 bits per heavy atom. The lowest BCUT2D eigenvalue weighted by Gasteiger charge is -2.29. The van der Waals surface area contributed by atoms with Crippen molar-refractivity contribution in [2.75, 3.05) is 13.6 Å². The van der Waals surface area contributed by atoms with Gasteiger partial charge in [0.2, 0.25) is 0 Å². The summed E-state index contributed by atoms with van der Waals surface area (Å²) in [6, 6.07) is 0.432. The fraction of sp³-hybridized carbons (Fsp3) is 0.583. The number of aliphatic carboxylic acids is 1. The molecule has 2 atom stereocenters. The summed E-state index contributed by atoms with van der Waals surface area (Å²) in [5.74, 6) is -0.848. The number of hydrogen-bond acceptors (Lipinski definition) is 3. The van der Waals surface area contributed by atoms with E-state index in [1.165, 1.54) is 12.0 Å². The first-order chi connectivity index (χ1) is 7.53. The van der Waals surface area contributed by atoms with Crippen molar-refractivity contribution in [3.8, 4) is 0 Å². The first-order valence-electron chi connectivity index (χ1n) is 5.63. The number of carbonyl (C=O) groups is 1. The fourth-order valence-corrected chi connectivity index (χ4v) is 2.26. The van der Waals surface area contributed by atoms with Crippen molar-refractivity contribution in [2.24, 2.45) is 0 Å². The molecule has 0 saturated carbocycles. The summed E-state index contributed by atoms with van der Waals surface area (Å²) in [5, 5.41) is 12.0. The Morgan fingerprint density at radius 2 is 2.44 bits per heavy atom. The second kappa shape index (κ2) is 3.94. The number of nitrogens with zero attached hydrogens (tertiary/aromatic N) is 1. The van der Waals surface area contributed by atoms with Crippen LogP contribution in [0, 0.1) is 0 Å². The van der Waals surface area contributed by atoms with Crippen LogP contribution in [0.3, 0.4) is 0 Å². The normalized spacial score (nSPS) is 34.6. The molecule has 88 valence electrons. The Labute approximate surface area is 95.6 Å². The van der Waals surface area contributed by atoms with Crippen LogP contribution in [0.1, 0.15) is 19.8 Å². The molecule has 1 saturated heterocycles. The number of likely N-dealkylation sites (tertiary alicyclic amines) is 1. The minimum absolute atomic E-state index is 0.432. The molecule has 2 aliphatic heterocycles. The Hall–Kier alpha value is -1.29. The van der Waals surface area contributed by atoms with E-state index in [4.69, 9.17) is 5.11 Å². The minimum Gasteiger partial charge on any atom is -0.479 e. The van der Waals surface area contributed by atoms with Crippen molar-refractivity contribution >= 4 is 5.97 Å². The molecule has 0 radical (unpaired) electrons. The first-order valence-corrected chi connectivity index (χ1v) is 5.63. The number of hydrogen-bond donors (Lipinski definition) is 2. The third kappa shape index (κ3) is 1.85. The van der Waals surface area contributed by atoms with Crippen molar-refractivity contribution in [3.05, 3.63) is 23.9 Å². The summed E-state index contributed by atoms with van der Waals surface area (Å²) in [6.45, 7) is 2.78. The van der Waals surface area contributed by atoms with E-state index in [2.05, 4.69) is 17.3 Å². The van der Waals surface area contributed by atoms with Gasteiger partial charge < -0.3 is 10.4 Å². The van der Waals surface area contributed by atoms with Crippen molar-refractivity contribution in [1.29, 1.82) is 0 Å². The predicted molar refractivity (Wildman–Crippen MR) is 62.1 cm³/mol. The van der Waals surface area contributed by atoms with Crippen molar-refractivity contribution < 1.29 is 9.90 Å². The zero-order valence-corrected chi connectivity index (χ0v) is 9.73. The Balaban J connectivity index is 2.10. The van der Waals surface area contributed by atoms with E-state index in [-0.39, 0.29) is 0 Å². The molecule has 0 aromatic rings. The molecule has 0 aromatic heterocycles. The van der Waals surface area contributed by atoms with Crippen molar-refractivity contribution in [1.82, 2.24) is 10.2 Å². The van der Waals surface area contributed by atoms with Crippen LogP contribution in [0.4, 0.5) is 0 Å². The molecule has 2 heterocycles. The number of carboxylic acids is 1. The Kier molecular flexibility index (Phi) is 2.76. The first kappa shape index (κ1) is 11.2. The Bertz CT molecular complexity index is 362. The van der Waals surface area contributed by atoms with E-state index in [1.54, 1.807) is 13.0 Å². The molecule has 0 aromatic carbocycles. The van der Waals surface area contributed by atoms with Crippen LogP contribution < -0.4 is 5.32 Å². The van der Waals surface area contributed by atoms with E-state index in [0.29, 0.717) is 6.04 Å². The van der Waals surface area contributed by atoms with Gasteiger partial charge in [-0.1, -0.05) is 6.08 Å². The molecule has 4 heteroatoms. The van der Waals surface area contributed by atoms with Crippen LogP contribution >= 0.6 is 0 Å². The lowest BCUT2D eigenvalue weighted by Crippen LogP contribution is -2.47. The third-order valence-corrected chi connectivity index (χ3v) is 3.50. The van der Waals surface area contributed by atoms with Gasteiger partial charge in [-0.15, -0.1) is 0 Å². The number of rotatable bonds is 2. The van der Waals surface area contributed by atoms with Crippen LogP contribution in [0.15, 0.2) is 23.9 Å². The maximum Gasteiger partial charge on any atom is 0.333 e. The molecule has 0 amide bonds. The number of dihydropyridines is 1. The van der Waals surface area contributed by atoms with Gasteiger partial charge in [0, 0.05) is 12.2 Å². The Morgan fingerprint density at radius 1 is 1.69 bits per heavy atom. The lowest BCUT2D eigenvalue weighted by atomic mass is 9.94. The summed E-state index contributed by atoms with van der Waals surface area (Å²) in [7, 11) is 2.11. The second-order valence-electron chi connectivity index (χ2n) is 4.77. The lowest BCUT2D eigenvalue weighted by molar-refractivity contribution is -0.141. The molecule has 2 N–H and O–H groups in total. The SMILES string of the molecule is CN1CCCC1C1=CNC(C)(C(=O)O)C=C1. The quantitative estimate of drug-likeness (QED) is 0.731. The smallest absolute Gasteiger partial charge is 0.333 e. The number of nitrogens with one attached hydrogen (secondary N) is 1. The molecule has 1 fully saturated rings. The largest absolute Gasteiger partial charge is 0.479 e. The average molecular weight is 222 g/mol. The predicted octanol–water partition coefficient (Wildman–Crippen LogP) is 0.967. The maximum atomic E-state index is 11.0. The molecule has 0 aliphatic carbocycles. The van der Waals surface area contributed by atoms with Gasteiger partial charge in [-0.3, -0.25) is 4.90 Å². The second-order valence-corrected chi connectivity index (χ2v) is 4.77. The van der Waals surface area contributed by atoms with E-state index >= 15 is 0 Å². The van der Waals surface area contributed by atoms with E-state index in [1.807, 2.05) is 12.3 Å². The highest BCUT2D eigenvalue weighted by Gasteiger charge is 2.33. The molecule has 16 heavy (non-hydrogen) atoms. The van der Waals surface area contributed by atoms with Gasteiger partial charge in [0.1, 0.15) is 0 Å². The molecular formula is C12H18N2O2. The van der Waals surface area contributed by atoms with Crippen LogP contribution in [-0.4, -0.2) is 41.1 Å². The van der Waals surface area contributed by atoms with Crippen LogP contribution in [-0.2, 0) is 4.79 Å². The number of likely N-dealkylation sites (N-methyl/N-ethyl adjacent to an activating group) is 1. The van der Waals surface area contributed by atoms with Gasteiger partial charge in [0.05, 0.1) is 0 Å². The summed E-state index contributed by atoms with van der Waals surface area (Å²) < 4.78 is 0. The summed E-state index contributed by atoms with van der Waals surface area (Å²) in [6.07, 6.45) is 7.88. The van der Waals surface area contributed by atoms with Crippen LogP contribution in [0.2, 0.25) is 0 Å². The number of carboxylic acid groups (broad SMARTS) is 1. The van der Waals surface area contributed by atoms with Gasteiger partial charge in [0.25, 0.3) is 0 Å². The average Bonchev–Trinajstić information content (AvgIpc) is 2.66. The van der Waals surface area contributed by atoms with Gasteiger partial charge in [-0.2, -0.15) is 0 Å². The third-order valence-electron chi connectivity index (χ3n) is 3.50. The molecule has 2 rings (SSSR count). The highest BCUT2D eigenvalue weighted by atomic mass is 16.4. The fourth-order valence-electron chi connectivity index (χ4n) is 2.26.